The number of benzene rings is 1. The van der Waals surface area contributed by atoms with Crippen LogP contribution in [0.1, 0.15) is 0 Å². The number of thioether (sulfide) groups is 1. The van der Waals surface area contributed by atoms with E-state index in [1.54, 1.807) is 24.3 Å². The number of isocyanates is 1. The zero-order valence-electron chi connectivity index (χ0n) is 6.71. The topological polar surface area (TPSA) is 29.4 Å². The Morgan fingerprint density at radius 1 is 1.21 bits per heavy atom. The van der Waals surface area contributed by atoms with E-state index in [1.165, 1.54) is 6.08 Å². The molecule has 0 aromatic heterocycles. The average molecular weight is 269 g/mol. The van der Waals surface area contributed by atoms with Gasteiger partial charge in [-0.3, -0.25) is 0 Å². The van der Waals surface area contributed by atoms with Crippen LogP contribution in [0.25, 0.3) is 0 Å². The number of rotatable bonds is 2. The molecule has 0 amide bonds. The standard InChI is InChI=1S/C8H4Cl3NOS/c9-8(10,11)14-7-3-1-6(2-4-7)12-5-13/h1-4H. The first-order valence-corrected chi connectivity index (χ1v) is 5.40. The van der Waals surface area contributed by atoms with Crippen molar-refractivity contribution in [3.63, 3.8) is 0 Å². The summed E-state index contributed by atoms with van der Waals surface area (Å²) in [7, 11) is 0. The number of aliphatic imine (C=N–C) groups is 1. The lowest BCUT2D eigenvalue weighted by Crippen LogP contribution is -1.92. The Labute approximate surface area is 100 Å². The number of carbonyl (C=O) groups excluding carboxylic acids is 1. The average Bonchev–Trinajstić information content (AvgIpc) is 2.06. The molecule has 0 fully saturated rings. The predicted octanol–water partition coefficient (Wildman–Crippen LogP) is 4.07. The second-order valence-electron chi connectivity index (χ2n) is 2.24. The summed E-state index contributed by atoms with van der Waals surface area (Å²) in [5.74, 6) is 0. The lowest BCUT2D eigenvalue weighted by atomic mass is 10.3. The van der Waals surface area contributed by atoms with Gasteiger partial charge in [0.05, 0.1) is 5.69 Å². The van der Waals surface area contributed by atoms with Gasteiger partial charge in [-0.15, -0.1) is 0 Å². The van der Waals surface area contributed by atoms with Gasteiger partial charge in [0.1, 0.15) is 0 Å². The Morgan fingerprint density at radius 2 is 1.79 bits per heavy atom. The van der Waals surface area contributed by atoms with E-state index < -0.39 is 3.12 Å². The summed E-state index contributed by atoms with van der Waals surface area (Å²) in [6.45, 7) is 0. The van der Waals surface area contributed by atoms with E-state index in [0.717, 1.165) is 16.7 Å². The number of hydrogen-bond donors (Lipinski definition) is 0. The van der Waals surface area contributed by atoms with Crippen LogP contribution < -0.4 is 0 Å². The van der Waals surface area contributed by atoms with Crippen LogP contribution in [0.15, 0.2) is 34.2 Å². The quantitative estimate of drug-likeness (QED) is 0.350. The number of hydrogen-bond acceptors (Lipinski definition) is 3. The molecule has 0 aliphatic heterocycles. The van der Waals surface area contributed by atoms with Crippen molar-refractivity contribution in [3.05, 3.63) is 24.3 Å². The molecule has 0 atom stereocenters. The summed E-state index contributed by atoms with van der Waals surface area (Å²) in [6.07, 6.45) is 1.44. The van der Waals surface area contributed by atoms with Gasteiger partial charge in [0.25, 0.3) is 0 Å². The maximum atomic E-state index is 9.93. The molecule has 0 radical (unpaired) electrons. The number of nitrogens with zero attached hydrogens (tertiary/aromatic N) is 1. The van der Waals surface area contributed by atoms with Crippen LogP contribution in [0.3, 0.4) is 0 Å². The van der Waals surface area contributed by atoms with Crippen molar-refractivity contribution in [3.8, 4) is 0 Å². The molecule has 0 spiro atoms. The van der Waals surface area contributed by atoms with Crippen LogP contribution in [0, 0.1) is 0 Å². The third-order valence-corrected chi connectivity index (χ3v) is 2.68. The molecule has 0 unspecified atom stereocenters. The number of halogens is 3. The summed E-state index contributed by atoms with van der Waals surface area (Å²) < 4.78 is -1.38. The normalized spacial score (nSPS) is 10.8. The highest BCUT2D eigenvalue weighted by atomic mass is 35.6. The van der Waals surface area contributed by atoms with Gasteiger partial charge < -0.3 is 0 Å². The van der Waals surface area contributed by atoms with Crippen LogP contribution in [-0.2, 0) is 4.79 Å². The molecular weight excluding hydrogens is 265 g/mol. The highest BCUT2D eigenvalue weighted by Crippen LogP contribution is 2.43. The highest BCUT2D eigenvalue weighted by molar-refractivity contribution is 8.04. The monoisotopic (exact) mass is 267 g/mol. The van der Waals surface area contributed by atoms with Crippen molar-refractivity contribution in [2.75, 3.05) is 0 Å². The zero-order chi connectivity index (χ0) is 10.6. The molecule has 0 bridgehead atoms. The van der Waals surface area contributed by atoms with Crippen LogP contribution in [0.2, 0.25) is 0 Å². The Morgan fingerprint density at radius 3 is 2.21 bits per heavy atom. The van der Waals surface area contributed by atoms with E-state index in [4.69, 9.17) is 34.8 Å². The molecule has 1 aromatic carbocycles. The Kier molecular flexibility index (Phi) is 4.30. The van der Waals surface area contributed by atoms with Gasteiger partial charge >= 0.3 is 0 Å². The smallest absolute Gasteiger partial charge is 0.211 e. The van der Waals surface area contributed by atoms with Crippen molar-refractivity contribution < 1.29 is 4.79 Å². The second kappa shape index (κ2) is 5.06. The Balaban J connectivity index is 2.78. The maximum absolute atomic E-state index is 9.93. The van der Waals surface area contributed by atoms with E-state index in [-0.39, 0.29) is 0 Å². The highest BCUT2D eigenvalue weighted by Gasteiger charge is 2.20. The van der Waals surface area contributed by atoms with Gasteiger partial charge in [0.15, 0.2) is 0 Å². The maximum Gasteiger partial charge on any atom is 0.241 e. The van der Waals surface area contributed by atoms with Crippen molar-refractivity contribution in [1.82, 2.24) is 0 Å². The number of alkyl halides is 3. The largest absolute Gasteiger partial charge is 0.241 e. The first-order valence-electron chi connectivity index (χ1n) is 3.45. The predicted molar refractivity (Wildman–Crippen MR) is 60.4 cm³/mol. The molecule has 0 aliphatic carbocycles. The van der Waals surface area contributed by atoms with Gasteiger partial charge in [-0.05, 0) is 24.3 Å². The van der Waals surface area contributed by atoms with Gasteiger partial charge in [0, 0.05) is 4.90 Å². The minimum Gasteiger partial charge on any atom is -0.211 e. The fourth-order valence-electron chi connectivity index (χ4n) is 0.775. The van der Waals surface area contributed by atoms with Crippen LogP contribution >= 0.6 is 46.6 Å². The summed E-state index contributed by atoms with van der Waals surface area (Å²) >= 11 is 17.8. The van der Waals surface area contributed by atoms with Gasteiger partial charge in [-0.1, -0.05) is 46.6 Å². The fourth-order valence-corrected chi connectivity index (χ4v) is 2.12. The molecule has 6 heteroatoms. The Bertz CT molecular complexity index is 354. The minimum absolute atomic E-state index is 0.522. The summed E-state index contributed by atoms with van der Waals surface area (Å²) in [5.41, 5.74) is 0.522. The van der Waals surface area contributed by atoms with E-state index >= 15 is 0 Å². The van der Waals surface area contributed by atoms with Gasteiger partial charge in [0.2, 0.25) is 9.20 Å². The second-order valence-corrected chi connectivity index (χ2v) is 6.49. The third-order valence-electron chi connectivity index (χ3n) is 1.25. The summed E-state index contributed by atoms with van der Waals surface area (Å²) in [5, 5.41) is 0. The van der Waals surface area contributed by atoms with Crippen LogP contribution in [-0.4, -0.2) is 9.20 Å². The van der Waals surface area contributed by atoms with E-state index in [9.17, 15) is 4.79 Å². The summed E-state index contributed by atoms with van der Waals surface area (Å²) in [4.78, 5) is 14.1. The lowest BCUT2D eigenvalue weighted by Gasteiger charge is -2.09. The first-order chi connectivity index (χ1) is 6.51. The zero-order valence-corrected chi connectivity index (χ0v) is 9.79. The van der Waals surface area contributed by atoms with Crippen LogP contribution in [0.5, 0.6) is 0 Å². The van der Waals surface area contributed by atoms with Crippen molar-refractivity contribution in [1.29, 1.82) is 0 Å². The minimum atomic E-state index is -1.38. The fraction of sp³-hybridized carbons (Fsp3) is 0.125. The van der Waals surface area contributed by atoms with E-state index in [0.29, 0.717) is 5.69 Å². The molecule has 0 saturated carbocycles. The van der Waals surface area contributed by atoms with Crippen molar-refractivity contribution >= 4 is 58.3 Å². The third kappa shape index (κ3) is 4.36. The molecule has 0 N–H and O–H groups in total. The molecule has 1 aromatic rings. The SMILES string of the molecule is O=C=Nc1ccc(SC(Cl)(Cl)Cl)cc1. The molecule has 2 nitrogen and oxygen atoms in total. The molecule has 0 saturated heterocycles. The van der Waals surface area contributed by atoms with Crippen LogP contribution in [0.4, 0.5) is 5.69 Å². The molecular formula is C8H4Cl3NOS. The van der Waals surface area contributed by atoms with Gasteiger partial charge in [-0.2, -0.15) is 4.99 Å². The molecule has 1 rings (SSSR count). The van der Waals surface area contributed by atoms with Gasteiger partial charge in [-0.25, -0.2) is 4.79 Å². The first kappa shape index (κ1) is 11.9. The van der Waals surface area contributed by atoms with E-state index in [2.05, 4.69) is 4.99 Å². The van der Waals surface area contributed by atoms with E-state index in [1.807, 2.05) is 0 Å². The lowest BCUT2D eigenvalue weighted by molar-refractivity contribution is 0.565. The molecule has 74 valence electrons. The van der Waals surface area contributed by atoms with Crippen molar-refractivity contribution in [2.24, 2.45) is 4.99 Å². The molecule has 0 heterocycles. The molecule has 14 heavy (non-hydrogen) atoms. The Hall–Kier alpha value is -0.180. The van der Waals surface area contributed by atoms with Crippen molar-refractivity contribution in [2.45, 2.75) is 8.02 Å². The summed E-state index contributed by atoms with van der Waals surface area (Å²) in [6, 6.07) is 6.71. The molecule has 0 aliphatic rings.